The quantitative estimate of drug-likeness (QED) is 0.731. The Kier molecular flexibility index (Phi) is 4.48. The lowest BCUT2D eigenvalue weighted by Gasteiger charge is -2.31. The predicted octanol–water partition coefficient (Wildman–Crippen LogP) is 2.60. The van der Waals surface area contributed by atoms with Crippen molar-refractivity contribution in [1.82, 2.24) is 9.88 Å². The fourth-order valence-corrected chi connectivity index (χ4v) is 3.51. The third kappa shape index (κ3) is 3.58. The largest absolute Gasteiger partial charge is 0.486 e. The maximum absolute atomic E-state index is 12.7. The first-order valence-corrected chi connectivity index (χ1v) is 9.71. The maximum atomic E-state index is 12.7. The van der Waals surface area contributed by atoms with Crippen LogP contribution in [0.5, 0.6) is 11.5 Å². The Morgan fingerprint density at radius 2 is 1.79 bits per heavy atom. The Bertz CT molecular complexity index is 1060. The summed E-state index contributed by atoms with van der Waals surface area (Å²) in [6, 6.07) is 11.3. The molecule has 0 aliphatic carbocycles. The lowest BCUT2D eigenvalue weighted by atomic mass is 10.1. The molecule has 1 saturated heterocycles. The first kappa shape index (κ1) is 17.8. The monoisotopic (exact) mass is 394 g/mol. The number of anilines is 2. The molecule has 0 bridgehead atoms. The molecule has 29 heavy (non-hydrogen) atoms. The highest BCUT2D eigenvalue weighted by molar-refractivity contribution is 6.05. The van der Waals surface area contributed by atoms with Gasteiger partial charge in [-0.2, -0.15) is 4.98 Å². The number of piperazine rings is 1. The van der Waals surface area contributed by atoms with E-state index in [9.17, 15) is 4.79 Å². The van der Waals surface area contributed by atoms with E-state index in [-0.39, 0.29) is 5.91 Å². The van der Waals surface area contributed by atoms with E-state index in [2.05, 4.69) is 27.1 Å². The number of hydrogen-bond acceptors (Lipinski definition) is 7. The number of oxazole rings is 1. The van der Waals surface area contributed by atoms with Crippen molar-refractivity contribution in [3.05, 3.63) is 42.0 Å². The number of ether oxygens (including phenoxy) is 2. The maximum Gasteiger partial charge on any atom is 0.298 e. The van der Waals surface area contributed by atoms with Crippen LogP contribution in [0.1, 0.15) is 10.4 Å². The number of benzene rings is 2. The van der Waals surface area contributed by atoms with Crippen molar-refractivity contribution >= 4 is 28.7 Å². The number of hydrogen-bond donors (Lipinski definition) is 1. The normalized spacial score (nSPS) is 16.8. The van der Waals surface area contributed by atoms with Gasteiger partial charge in [0.15, 0.2) is 17.1 Å². The number of amides is 1. The molecule has 2 aromatic carbocycles. The van der Waals surface area contributed by atoms with Crippen molar-refractivity contribution in [2.45, 2.75) is 0 Å². The van der Waals surface area contributed by atoms with E-state index in [4.69, 9.17) is 13.9 Å². The van der Waals surface area contributed by atoms with Gasteiger partial charge in [0.25, 0.3) is 11.9 Å². The number of nitrogens with one attached hydrogen (secondary N) is 1. The van der Waals surface area contributed by atoms with Gasteiger partial charge in [0.05, 0.1) is 0 Å². The summed E-state index contributed by atoms with van der Waals surface area (Å²) in [7, 11) is 2.11. The molecule has 0 saturated carbocycles. The highest BCUT2D eigenvalue weighted by Gasteiger charge is 2.20. The molecule has 0 radical (unpaired) electrons. The Labute approximate surface area is 168 Å². The van der Waals surface area contributed by atoms with Crippen molar-refractivity contribution in [1.29, 1.82) is 0 Å². The molecule has 0 atom stereocenters. The first-order chi connectivity index (χ1) is 14.2. The Morgan fingerprint density at radius 3 is 2.62 bits per heavy atom. The summed E-state index contributed by atoms with van der Waals surface area (Å²) in [5.74, 6) is 1.03. The van der Waals surface area contributed by atoms with Crippen LogP contribution in [0.4, 0.5) is 11.7 Å². The van der Waals surface area contributed by atoms with Crippen molar-refractivity contribution in [2.75, 3.05) is 56.7 Å². The van der Waals surface area contributed by atoms with Crippen molar-refractivity contribution in [3.63, 3.8) is 0 Å². The lowest BCUT2D eigenvalue weighted by molar-refractivity contribution is 0.102. The second-order valence-corrected chi connectivity index (χ2v) is 7.28. The van der Waals surface area contributed by atoms with Crippen molar-refractivity contribution in [3.8, 4) is 11.5 Å². The average Bonchev–Trinajstić information content (AvgIpc) is 3.17. The summed E-state index contributed by atoms with van der Waals surface area (Å²) < 4.78 is 17.0. The molecule has 1 N–H and O–H groups in total. The summed E-state index contributed by atoms with van der Waals surface area (Å²) in [4.78, 5) is 21.7. The molecule has 3 aromatic rings. The van der Waals surface area contributed by atoms with Gasteiger partial charge in [-0.1, -0.05) is 0 Å². The lowest BCUT2D eigenvalue weighted by Crippen LogP contribution is -2.44. The van der Waals surface area contributed by atoms with Crippen LogP contribution in [-0.4, -0.2) is 62.2 Å². The highest BCUT2D eigenvalue weighted by Crippen LogP contribution is 2.31. The van der Waals surface area contributed by atoms with E-state index in [1.165, 1.54) is 0 Å². The molecule has 2 aliphatic rings. The summed E-state index contributed by atoms with van der Waals surface area (Å²) in [5.41, 5.74) is 2.60. The molecule has 3 heterocycles. The van der Waals surface area contributed by atoms with Gasteiger partial charge in [-0.05, 0) is 43.4 Å². The highest BCUT2D eigenvalue weighted by atomic mass is 16.6. The zero-order valence-corrected chi connectivity index (χ0v) is 16.2. The van der Waals surface area contributed by atoms with E-state index < -0.39 is 0 Å². The minimum atomic E-state index is -0.218. The zero-order chi connectivity index (χ0) is 19.8. The number of carbonyl (C=O) groups is 1. The second kappa shape index (κ2) is 7.29. The van der Waals surface area contributed by atoms with Crippen LogP contribution in [0.2, 0.25) is 0 Å². The van der Waals surface area contributed by atoms with Gasteiger partial charge < -0.3 is 29.0 Å². The van der Waals surface area contributed by atoms with Crippen LogP contribution in [0.3, 0.4) is 0 Å². The topological polar surface area (TPSA) is 80.1 Å². The van der Waals surface area contributed by atoms with Gasteiger partial charge in [-0.25, -0.2) is 0 Å². The molecule has 8 heteroatoms. The van der Waals surface area contributed by atoms with Crippen LogP contribution in [0.15, 0.2) is 40.8 Å². The summed E-state index contributed by atoms with van der Waals surface area (Å²) >= 11 is 0. The number of nitrogens with zero attached hydrogens (tertiary/aromatic N) is 3. The molecule has 8 nitrogen and oxygen atoms in total. The molecule has 2 aliphatic heterocycles. The molecule has 1 amide bonds. The smallest absolute Gasteiger partial charge is 0.298 e. The Hall–Kier alpha value is -3.26. The van der Waals surface area contributed by atoms with Gasteiger partial charge in [0.2, 0.25) is 0 Å². The minimum Gasteiger partial charge on any atom is -0.486 e. The van der Waals surface area contributed by atoms with E-state index in [1.54, 1.807) is 18.2 Å². The molecule has 0 unspecified atom stereocenters. The molecular weight excluding hydrogens is 372 g/mol. The number of aromatic nitrogens is 1. The van der Waals surface area contributed by atoms with Crippen LogP contribution in [-0.2, 0) is 0 Å². The third-order valence-corrected chi connectivity index (χ3v) is 5.21. The Morgan fingerprint density at radius 1 is 1.00 bits per heavy atom. The van der Waals surface area contributed by atoms with Crippen LogP contribution in [0, 0.1) is 0 Å². The van der Waals surface area contributed by atoms with Crippen molar-refractivity contribution in [2.24, 2.45) is 0 Å². The first-order valence-electron chi connectivity index (χ1n) is 9.71. The SMILES string of the molecule is CN1CCN(c2nc3cc(NC(=O)c4ccc5c(c4)OCCO5)ccc3o2)CC1. The van der Waals surface area contributed by atoms with Gasteiger partial charge in [0.1, 0.15) is 18.7 Å². The zero-order valence-electron chi connectivity index (χ0n) is 16.2. The van der Waals surface area contributed by atoms with Gasteiger partial charge in [0, 0.05) is 37.4 Å². The summed E-state index contributed by atoms with van der Waals surface area (Å²) in [6.07, 6.45) is 0. The molecule has 1 aromatic heterocycles. The third-order valence-electron chi connectivity index (χ3n) is 5.21. The van der Waals surface area contributed by atoms with Gasteiger partial charge in [-0.3, -0.25) is 4.79 Å². The number of carbonyl (C=O) groups excluding carboxylic acids is 1. The predicted molar refractivity (Wildman–Crippen MR) is 109 cm³/mol. The van der Waals surface area contributed by atoms with Crippen LogP contribution >= 0.6 is 0 Å². The summed E-state index contributed by atoms with van der Waals surface area (Å²) in [6.45, 7) is 4.74. The summed E-state index contributed by atoms with van der Waals surface area (Å²) in [5, 5.41) is 2.91. The number of rotatable bonds is 3. The fraction of sp³-hybridized carbons (Fsp3) is 0.333. The van der Waals surface area contributed by atoms with Gasteiger partial charge in [-0.15, -0.1) is 0 Å². The number of fused-ring (bicyclic) bond motifs is 2. The molecule has 150 valence electrons. The van der Waals surface area contributed by atoms with E-state index in [1.807, 2.05) is 18.2 Å². The van der Waals surface area contributed by atoms with E-state index in [0.29, 0.717) is 47.6 Å². The van der Waals surface area contributed by atoms with E-state index >= 15 is 0 Å². The Balaban J connectivity index is 1.33. The van der Waals surface area contributed by atoms with Gasteiger partial charge >= 0.3 is 0 Å². The molecular formula is C21H22N4O4. The second-order valence-electron chi connectivity index (χ2n) is 7.28. The standard InChI is InChI=1S/C21H22N4O4/c1-24-6-8-25(9-7-24)21-23-16-13-15(3-5-17(16)29-21)22-20(26)14-2-4-18-19(12-14)28-11-10-27-18/h2-5,12-13H,6-11H2,1H3,(H,22,26). The van der Waals surface area contributed by atoms with Crippen LogP contribution in [0.25, 0.3) is 11.1 Å². The van der Waals surface area contributed by atoms with Crippen molar-refractivity contribution < 1.29 is 18.7 Å². The van der Waals surface area contributed by atoms with E-state index in [0.717, 1.165) is 31.7 Å². The minimum absolute atomic E-state index is 0.218. The van der Waals surface area contributed by atoms with Crippen LogP contribution < -0.4 is 19.7 Å². The fourth-order valence-electron chi connectivity index (χ4n) is 3.51. The molecule has 5 rings (SSSR count). The number of likely N-dealkylation sites (N-methyl/N-ethyl adjacent to an activating group) is 1. The molecule has 1 fully saturated rings. The molecule has 0 spiro atoms. The average molecular weight is 394 g/mol.